The van der Waals surface area contributed by atoms with Crippen LogP contribution in [0, 0.1) is 23.5 Å². The number of ether oxygens (including phenoxy) is 2. The van der Waals surface area contributed by atoms with Crippen molar-refractivity contribution in [1.82, 2.24) is 24.3 Å². The number of amides is 2. The zero-order valence-corrected chi connectivity index (χ0v) is 28.7. The van der Waals surface area contributed by atoms with Crippen LogP contribution in [-0.2, 0) is 4.74 Å². The molecular formula is C36H37F2N7O6. The van der Waals surface area contributed by atoms with Crippen LogP contribution >= 0.6 is 0 Å². The van der Waals surface area contributed by atoms with Crippen LogP contribution in [0.5, 0.6) is 11.5 Å². The van der Waals surface area contributed by atoms with Gasteiger partial charge in [-0.05, 0) is 71.0 Å². The SMILES string of the molecule is CC(C)(C)OC(=O)N1CCN(C(C)(C)C#Cc2c(Oc3ccc(NC(=O)c4c[nH]c(=O)n(-c5ccc(F)cc5)c4=O)cc3F)ccnc2N)CC1. The number of nitrogen functional groups attached to an aromatic ring is 1. The van der Waals surface area contributed by atoms with Crippen molar-refractivity contribution in [2.24, 2.45) is 0 Å². The van der Waals surface area contributed by atoms with Crippen molar-refractivity contribution in [3.63, 3.8) is 0 Å². The number of carbonyl (C=O) groups is 2. The summed E-state index contributed by atoms with van der Waals surface area (Å²) in [7, 11) is 0. The molecule has 1 aliphatic heterocycles. The van der Waals surface area contributed by atoms with E-state index >= 15 is 4.39 Å². The number of nitrogens with zero attached hydrogens (tertiary/aromatic N) is 4. The van der Waals surface area contributed by atoms with Crippen LogP contribution in [-0.4, -0.2) is 73.7 Å². The first-order chi connectivity index (χ1) is 24.0. The second-order valence-corrected chi connectivity index (χ2v) is 13.2. The number of piperazine rings is 1. The van der Waals surface area contributed by atoms with Crippen LogP contribution in [0.1, 0.15) is 50.5 Å². The van der Waals surface area contributed by atoms with Gasteiger partial charge in [-0.3, -0.25) is 14.5 Å². The minimum absolute atomic E-state index is 0.00782. The van der Waals surface area contributed by atoms with Gasteiger partial charge in [-0.1, -0.05) is 11.8 Å². The van der Waals surface area contributed by atoms with Crippen molar-refractivity contribution in [3.8, 4) is 29.0 Å². The van der Waals surface area contributed by atoms with Gasteiger partial charge >= 0.3 is 11.8 Å². The van der Waals surface area contributed by atoms with E-state index in [0.29, 0.717) is 30.7 Å². The fourth-order valence-electron chi connectivity index (χ4n) is 5.18. The van der Waals surface area contributed by atoms with Gasteiger partial charge in [-0.15, -0.1) is 0 Å². The average Bonchev–Trinajstić information content (AvgIpc) is 3.06. The maximum atomic E-state index is 15.3. The van der Waals surface area contributed by atoms with Crippen molar-refractivity contribution in [3.05, 3.63) is 105 Å². The molecule has 1 aliphatic rings. The Labute approximate surface area is 292 Å². The average molecular weight is 702 g/mol. The van der Waals surface area contributed by atoms with Gasteiger partial charge < -0.3 is 30.4 Å². The number of hydrogen-bond donors (Lipinski definition) is 3. The lowest BCUT2D eigenvalue weighted by Crippen LogP contribution is -2.55. The molecule has 2 aromatic heterocycles. The molecule has 1 fully saturated rings. The van der Waals surface area contributed by atoms with Crippen LogP contribution < -0.4 is 27.0 Å². The Morgan fingerprint density at radius 3 is 2.29 bits per heavy atom. The fourth-order valence-corrected chi connectivity index (χ4v) is 5.18. The van der Waals surface area contributed by atoms with Crippen molar-refractivity contribution in [2.75, 3.05) is 37.2 Å². The topological polar surface area (TPSA) is 165 Å². The van der Waals surface area contributed by atoms with E-state index in [1.54, 1.807) is 4.90 Å². The molecule has 0 radical (unpaired) electrons. The molecule has 4 N–H and O–H groups in total. The molecule has 0 bridgehead atoms. The summed E-state index contributed by atoms with van der Waals surface area (Å²) in [5.74, 6) is 3.92. The maximum Gasteiger partial charge on any atom is 0.410 e. The molecule has 3 heterocycles. The van der Waals surface area contributed by atoms with Crippen LogP contribution in [0.3, 0.4) is 0 Å². The fraction of sp³-hybridized carbons (Fsp3) is 0.306. The minimum atomic E-state index is -0.960. The highest BCUT2D eigenvalue weighted by Gasteiger charge is 2.32. The second-order valence-electron chi connectivity index (χ2n) is 13.2. The molecule has 0 saturated carbocycles. The van der Waals surface area contributed by atoms with Gasteiger partial charge in [0.2, 0.25) is 0 Å². The first-order valence-corrected chi connectivity index (χ1v) is 15.9. The number of carbonyl (C=O) groups excluding carboxylic acids is 2. The third kappa shape index (κ3) is 8.60. The third-order valence-corrected chi connectivity index (χ3v) is 7.87. The van der Waals surface area contributed by atoms with E-state index in [0.717, 1.165) is 24.4 Å². The van der Waals surface area contributed by atoms with Gasteiger partial charge in [0, 0.05) is 56.4 Å². The summed E-state index contributed by atoms with van der Waals surface area (Å²) in [4.78, 5) is 61.1. The van der Waals surface area contributed by atoms with Crippen molar-refractivity contribution < 1.29 is 27.8 Å². The molecule has 2 aromatic carbocycles. The Kier molecular flexibility index (Phi) is 10.3. The van der Waals surface area contributed by atoms with E-state index in [1.165, 1.54) is 36.5 Å². The predicted octanol–water partition coefficient (Wildman–Crippen LogP) is 4.51. The molecule has 0 atom stereocenters. The summed E-state index contributed by atoms with van der Waals surface area (Å²) < 4.78 is 40.7. The van der Waals surface area contributed by atoms with E-state index in [-0.39, 0.29) is 40.3 Å². The molecule has 51 heavy (non-hydrogen) atoms. The Balaban J connectivity index is 1.29. The molecule has 4 aromatic rings. The minimum Gasteiger partial charge on any atom is -0.453 e. The standard InChI is InChI=1S/C36H37F2N7O6/c1-35(2,3)51-34(49)43-16-18-44(19-17-43)36(4,5)14-12-25-28(13-15-40-30(25)39)50-29-11-8-23(20-27(29)38)42-31(46)26-21-41-33(48)45(32(26)47)24-9-6-22(37)7-10-24/h6-11,13,15,20-21H,16-19H2,1-5H3,(H2,39,40)(H,41,48)(H,42,46). The maximum absolute atomic E-state index is 15.3. The first-order valence-electron chi connectivity index (χ1n) is 15.9. The number of nitrogens with two attached hydrogens (primary N) is 1. The molecule has 5 rings (SSSR count). The van der Waals surface area contributed by atoms with E-state index in [1.807, 2.05) is 34.6 Å². The summed E-state index contributed by atoms with van der Waals surface area (Å²) in [5.41, 5.74) is 2.98. The molecule has 0 unspecified atom stereocenters. The van der Waals surface area contributed by atoms with Gasteiger partial charge in [-0.2, -0.15) is 0 Å². The summed E-state index contributed by atoms with van der Waals surface area (Å²) in [6.07, 6.45) is 1.97. The first kappa shape index (κ1) is 36.3. The van der Waals surface area contributed by atoms with E-state index in [4.69, 9.17) is 15.2 Å². The van der Waals surface area contributed by atoms with Gasteiger partial charge in [0.25, 0.3) is 11.5 Å². The highest BCUT2D eigenvalue weighted by atomic mass is 19.1. The smallest absolute Gasteiger partial charge is 0.410 e. The molecule has 1 saturated heterocycles. The number of rotatable bonds is 6. The second kappa shape index (κ2) is 14.5. The van der Waals surface area contributed by atoms with Gasteiger partial charge in [0.1, 0.15) is 34.1 Å². The number of halogens is 2. The quantitative estimate of drug-likeness (QED) is 0.246. The molecule has 15 heteroatoms. The predicted molar refractivity (Wildman–Crippen MR) is 186 cm³/mol. The lowest BCUT2D eigenvalue weighted by molar-refractivity contribution is 0.00781. The Morgan fingerprint density at radius 1 is 0.961 bits per heavy atom. The van der Waals surface area contributed by atoms with E-state index in [9.17, 15) is 23.6 Å². The third-order valence-electron chi connectivity index (χ3n) is 7.87. The number of nitrogens with one attached hydrogen (secondary N) is 2. The van der Waals surface area contributed by atoms with Crippen molar-refractivity contribution in [1.29, 1.82) is 0 Å². The summed E-state index contributed by atoms with van der Waals surface area (Å²) in [6.45, 7) is 11.4. The number of anilines is 2. The summed E-state index contributed by atoms with van der Waals surface area (Å²) in [6, 6.07) is 9.68. The highest BCUT2D eigenvalue weighted by Crippen LogP contribution is 2.31. The Bertz CT molecular complexity index is 2140. The molecule has 2 amide bonds. The number of aromatic amines is 1. The van der Waals surface area contributed by atoms with E-state index < -0.39 is 45.5 Å². The lowest BCUT2D eigenvalue weighted by Gasteiger charge is -2.41. The van der Waals surface area contributed by atoms with Crippen molar-refractivity contribution >= 4 is 23.5 Å². The number of H-pyrrole nitrogens is 1. The molecule has 0 aliphatic carbocycles. The number of hydrogen-bond acceptors (Lipinski definition) is 9. The Morgan fingerprint density at radius 2 is 1.65 bits per heavy atom. The van der Waals surface area contributed by atoms with Gasteiger partial charge in [0.05, 0.1) is 11.2 Å². The van der Waals surface area contributed by atoms with Crippen molar-refractivity contribution in [2.45, 2.75) is 45.8 Å². The van der Waals surface area contributed by atoms with Crippen LogP contribution in [0.15, 0.2) is 70.5 Å². The van der Waals surface area contributed by atoms with Crippen LogP contribution in [0.4, 0.5) is 25.1 Å². The van der Waals surface area contributed by atoms with Crippen LogP contribution in [0.25, 0.3) is 5.69 Å². The zero-order chi connectivity index (χ0) is 37.1. The normalized spacial score (nSPS) is 13.6. The summed E-state index contributed by atoms with van der Waals surface area (Å²) >= 11 is 0. The number of pyridine rings is 1. The monoisotopic (exact) mass is 701 g/mol. The molecular weight excluding hydrogens is 664 g/mol. The molecule has 266 valence electrons. The van der Waals surface area contributed by atoms with Gasteiger partial charge in [-0.25, -0.2) is 27.9 Å². The lowest BCUT2D eigenvalue weighted by atomic mass is 10.0. The molecule has 13 nitrogen and oxygen atoms in total. The number of aromatic nitrogens is 3. The van der Waals surface area contributed by atoms with Gasteiger partial charge in [0.15, 0.2) is 11.6 Å². The summed E-state index contributed by atoms with van der Waals surface area (Å²) in [5, 5.41) is 2.43. The largest absolute Gasteiger partial charge is 0.453 e. The van der Waals surface area contributed by atoms with E-state index in [2.05, 4.69) is 32.0 Å². The highest BCUT2D eigenvalue weighted by molar-refractivity contribution is 6.03. The van der Waals surface area contributed by atoms with Crippen LogP contribution in [0.2, 0.25) is 0 Å². The number of benzene rings is 2. The Hall–Kier alpha value is -6.01. The zero-order valence-electron chi connectivity index (χ0n) is 28.7. The molecule has 0 spiro atoms.